The van der Waals surface area contributed by atoms with Crippen molar-refractivity contribution < 1.29 is 80.2 Å². The minimum atomic E-state index is -4.95. The summed E-state index contributed by atoms with van der Waals surface area (Å²) in [7, 11) is -9.91. The molecular weight excluding hydrogens is 1210 g/mol. The second kappa shape index (κ2) is 62.6. The van der Waals surface area contributed by atoms with Gasteiger partial charge in [0.1, 0.15) is 19.3 Å². The number of hydrogen-bond donors (Lipinski definition) is 3. The van der Waals surface area contributed by atoms with Gasteiger partial charge < -0.3 is 33.8 Å². The maximum absolute atomic E-state index is 13.0. The summed E-state index contributed by atoms with van der Waals surface area (Å²) in [6, 6.07) is 0. The number of hydrogen-bond acceptors (Lipinski definition) is 15. The Balaban J connectivity index is 5.22. The number of phosphoric ester groups is 2. The van der Waals surface area contributed by atoms with Crippen molar-refractivity contribution >= 4 is 39.5 Å². The first-order chi connectivity index (χ1) is 44.1. The van der Waals surface area contributed by atoms with Gasteiger partial charge in [0.25, 0.3) is 0 Å². The topological polar surface area (TPSA) is 237 Å². The Morgan fingerprint density at radius 1 is 0.272 bits per heavy atom. The highest BCUT2D eigenvalue weighted by atomic mass is 31.2. The summed E-state index contributed by atoms with van der Waals surface area (Å²) < 4.78 is 68.4. The van der Waals surface area contributed by atoms with Crippen LogP contribution >= 0.6 is 15.6 Å². The van der Waals surface area contributed by atoms with Crippen LogP contribution < -0.4 is 0 Å². The Morgan fingerprint density at radius 3 is 0.674 bits per heavy atom. The van der Waals surface area contributed by atoms with E-state index in [2.05, 4.69) is 55.4 Å². The molecule has 0 radical (unpaired) electrons. The Hall–Kier alpha value is -1.94. The van der Waals surface area contributed by atoms with Gasteiger partial charge in [-0.2, -0.15) is 0 Å². The largest absolute Gasteiger partial charge is 0.472 e. The fourth-order valence-electron chi connectivity index (χ4n) is 11.0. The quantitative estimate of drug-likeness (QED) is 0.0222. The zero-order chi connectivity index (χ0) is 68.2. The molecule has 5 atom stereocenters. The summed E-state index contributed by atoms with van der Waals surface area (Å²) in [5.74, 6) is 0.850. The molecule has 0 bridgehead atoms. The molecule has 0 spiro atoms. The van der Waals surface area contributed by atoms with E-state index in [9.17, 15) is 43.2 Å². The maximum Gasteiger partial charge on any atom is 0.472 e. The van der Waals surface area contributed by atoms with E-state index in [-0.39, 0.29) is 25.7 Å². The Kier molecular flexibility index (Phi) is 61.3. The van der Waals surface area contributed by atoms with E-state index in [1.54, 1.807) is 0 Å². The Bertz CT molecular complexity index is 1820. The third-order valence-electron chi connectivity index (χ3n) is 16.8. The number of rotatable bonds is 70. The highest BCUT2D eigenvalue weighted by molar-refractivity contribution is 7.47. The number of unbranched alkanes of at least 4 members (excludes halogenated alkanes) is 36. The van der Waals surface area contributed by atoms with Crippen molar-refractivity contribution in [1.82, 2.24) is 0 Å². The molecule has 0 aromatic carbocycles. The lowest BCUT2D eigenvalue weighted by Gasteiger charge is -2.21. The van der Waals surface area contributed by atoms with Gasteiger partial charge in [-0.25, -0.2) is 9.13 Å². The molecule has 0 amide bonds. The molecule has 0 saturated heterocycles. The second-order valence-corrected chi connectivity index (χ2v) is 31.1. The van der Waals surface area contributed by atoms with Gasteiger partial charge in [0, 0.05) is 25.7 Å². The molecule has 0 aliphatic rings. The lowest BCUT2D eigenvalue weighted by Crippen LogP contribution is -2.30. The fourth-order valence-corrected chi connectivity index (χ4v) is 12.6. The average Bonchev–Trinajstić information content (AvgIpc) is 2.26. The first kappa shape index (κ1) is 90.1. The number of carbonyl (C=O) groups is 4. The van der Waals surface area contributed by atoms with Crippen molar-refractivity contribution in [3.63, 3.8) is 0 Å². The summed E-state index contributed by atoms with van der Waals surface area (Å²) in [6.07, 6.45) is 46.0. The molecule has 0 heterocycles. The van der Waals surface area contributed by atoms with E-state index in [0.29, 0.717) is 31.6 Å². The fraction of sp³-hybridized carbons (Fsp3) is 0.945. The number of phosphoric acid groups is 2. The van der Waals surface area contributed by atoms with Crippen molar-refractivity contribution in [2.24, 2.45) is 23.7 Å². The first-order valence-electron chi connectivity index (χ1n) is 37.7. The molecule has 17 nitrogen and oxygen atoms in total. The van der Waals surface area contributed by atoms with E-state index >= 15 is 0 Å². The van der Waals surface area contributed by atoms with E-state index in [1.165, 1.54) is 161 Å². The van der Waals surface area contributed by atoms with Crippen LogP contribution in [0.5, 0.6) is 0 Å². The second-order valence-electron chi connectivity index (χ2n) is 28.2. The first-order valence-corrected chi connectivity index (χ1v) is 40.7. The van der Waals surface area contributed by atoms with Crippen LogP contribution in [0.25, 0.3) is 0 Å². The summed E-state index contributed by atoms with van der Waals surface area (Å²) in [5.41, 5.74) is 0. The molecule has 0 aromatic rings. The van der Waals surface area contributed by atoms with Gasteiger partial charge in [-0.05, 0) is 49.4 Å². The average molecular weight is 1350 g/mol. The third kappa shape index (κ3) is 66.7. The number of aliphatic hydroxyl groups excluding tert-OH is 1. The monoisotopic (exact) mass is 1350 g/mol. The van der Waals surface area contributed by atoms with Crippen molar-refractivity contribution in [2.45, 2.75) is 382 Å². The van der Waals surface area contributed by atoms with Gasteiger partial charge in [-0.3, -0.25) is 37.3 Å². The van der Waals surface area contributed by atoms with Gasteiger partial charge in [-0.15, -0.1) is 0 Å². The number of ether oxygens (including phenoxy) is 4. The normalized spacial score (nSPS) is 14.2. The highest BCUT2D eigenvalue weighted by Crippen LogP contribution is 2.45. The molecule has 0 aromatic heterocycles. The molecule has 19 heteroatoms. The molecule has 92 heavy (non-hydrogen) atoms. The van der Waals surface area contributed by atoms with Gasteiger partial charge in [0.15, 0.2) is 12.2 Å². The van der Waals surface area contributed by atoms with Crippen LogP contribution in [-0.4, -0.2) is 96.7 Å². The van der Waals surface area contributed by atoms with Crippen LogP contribution in [0, 0.1) is 23.7 Å². The Labute approximate surface area is 562 Å². The molecule has 0 fully saturated rings. The molecule has 3 unspecified atom stereocenters. The number of esters is 4. The van der Waals surface area contributed by atoms with Crippen molar-refractivity contribution in [2.75, 3.05) is 39.6 Å². The van der Waals surface area contributed by atoms with Crippen LogP contribution in [0.2, 0.25) is 0 Å². The zero-order valence-corrected chi connectivity index (χ0v) is 62.0. The van der Waals surface area contributed by atoms with Crippen LogP contribution in [0.15, 0.2) is 0 Å². The SMILES string of the molecule is CC(C)CCCCCCCCCCCCCCCCCCC(=O)O[C@H](COC(=O)CCCCCCCCCCC(C)C)COP(=O)(O)OCC(O)COP(=O)(O)OC[C@@H](COC(=O)CCCCCCCCCC(C)C)OC(=O)CCCCCCCCCCCC(C)C. The zero-order valence-electron chi connectivity index (χ0n) is 60.2. The Morgan fingerprint density at radius 2 is 0.457 bits per heavy atom. The summed E-state index contributed by atoms with van der Waals surface area (Å²) in [4.78, 5) is 72.6. The van der Waals surface area contributed by atoms with Gasteiger partial charge >= 0.3 is 39.5 Å². The number of carbonyl (C=O) groups excluding carboxylic acids is 4. The molecule has 0 rings (SSSR count). The van der Waals surface area contributed by atoms with Gasteiger partial charge in [0.2, 0.25) is 0 Å². The maximum atomic E-state index is 13.0. The third-order valence-corrected chi connectivity index (χ3v) is 18.7. The molecular formula is C73H142O17P2. The van der Waals surface area contributed by atoms with Crippen molar-refractivity contribution in [3.8, 4) is 0 Å². The van der Waals surface area contributed by atoms with E-state index in [1.807, 2.05) is 0 Å². The molecule has 3 N–H and O–H groups in total. The molecule has 0 saturated carbocycles. The molecule has 0 aliphatic carbocycles. The van der Waals surface area contributed by atoms with Gasteiger partial charge in [-0.1, -0.05) is 312 Å². The summed E-state index contributed by atoms with van der Waals surface area (Å²) in [6.45, 7) is 14.1. The van der Waals surface area contributed by atoms with Crippen molar-refractivity contribution in [3.05, 3.63) is 0 Å². The molecule has 546 valence electrons. The van der Waals surface area contributed by atoms with E-state index < -0.39 is 97.5 Å². The lowest BCUT2D eigenvalue weighted by atomic mass is 10.0. The van der Waals surface area contributed by atoms with Crippen LogP contribution in [0.3, 0.4) is 0 Å². The summed E-state index contributed by atoms with van der Waals surface area (Å²) >= 11 is 0. The summed E-state index contributed by atoms with van der Waals surface area (Å²) in [5, 5.41) is 10.6. The minimum Gasteiger partial charge on any atom is -0.462 e. The highest BCUT2D eigenvalue weighted by Gasteiger charge is 2.30. The lowest BCUT2D eigenvalue weighted by molar-refractivity contribution is -0.161. The van der Waals surface area contributed by atoms with E-state index in [0.717, 1.165) is 114 Å². The smallest absolute Gasteiger partial charge is 0.462 e. The number of aliphatic hydroxyl groups is 1. The van der Waals surface area contributed by atoms with Crippen LogP contribution in [0.4, 0.5) is 0 Å². The molecule has 0 aliphatic heterocycles. The standard InChI is InChI=1S/C73H142O17P2/c1-63(2)49-41-33-25-18-15-13-11-9-10-12-14-16-20-30-39-47-55-72(77)89-68(59-83-70(75)53-45-37-29-23-22-27-35-43-51-65(5)6)61-87-91(79,80)85-57-67(74)58-86-92(81,82)88-62-69(60-84-71(76)54-46-38-32-24-28-36-44-52-66(7)8)90-73(78)56-48-40-31-21-17-19-26-34-42-50-64(3)4/h63-69,74H,9-62H2,1-8H3,(H,79,80)(H,81,82)/t67?,68-,69-/m1/s1. The predicted molar refractivity (Wildman–Crippen MR) is 372 cm³/mol. The van der Waals surface area contributed by atoms with Crippen LogP contribution in [0.1, 0.15) is 364 Å². The van der Waals surface area contributed by atoms with Crippen LogP contribution in [-0.2, 0) is 65.4 Å². The van der Waals surface area contributed by atoms with E-state index in [4.69, 9.17) is 37.0 Å². The minimum absolute atomic E-state index is 0.104. The van der Waals surface area contributed by atoms with Crippen molar-refractivity contribution in [1.29, 1.82) is 0 Å². The predicted octanol–water partition coefficient (Wildman–Crippen LogP) is 20.9. The van der Waals surface area contributed by atoms with Gasteiger partial charge in [0.05, 0.1) is 26.4 Å².